The lowest BCUT2D eigenvalue weighted by Crippen LogP contribution is -2.15. The van der Waals surface area contributed by atoms with Crippen molar-refractivity contribution in [1.29, 1.82) is 0 Å². The van der Waals surface area contributed by atoms with Crippen LogP contribution >= 0.6 is 8.60 Å². The first kappa shape index (κ1) is 13.1. The molecule has 0 aliphatic heterocycles. The van der Waals surface area contributed by atoms with E-state index in [1.54, 1.807) is 13.8 Å². The van der Waals surface area contributed by atoms with Crippen molar-refractivity contribution in [2.45, 2.75) is 20.0 Å². The smallest absolute Gasteiger partial charge is 0.313 e. The van der Waals surface area contributed by atoms with E-state index in [2.05, 4.69) is 4.52 Å². The van der Waals surface area contributed by atoms with Gasteiger partial charge in [-0.25, -0.2) is 0 Å². The van der Waals surface area contributed by atoms with Gasteiger partial charge in [0.1, 0.15) is 0 Å². The summed E-state index contributed by atoms with van der Waals surface area (Å²) in [6.45, 7) is 2.52. The van der Waals surface area contributed by atoms with Crippen LogP contribution in [0.15, 0.2) is 0 Å². The predicted molar refractivity (Wildman–Crippen MR) is 42.2 cm³/mol. The van der Waals surface area contributed by atoms with Crippen LogP contribution in [0.2, 0.25) is 0 Å². The second-order valence-electron chi connectivity index (χ2n) is 1.95. The summed E-state index contributed by atoms with van der Waals surface area (Å²) in [6, 6.07) is 0. The third-order valence-corrected chi connectivity index (χ3v) is 2.08. The van der Waals surface area contributed by atoms with Crippen molar-refractivity contribution in [2.75, 3.05) is 19.8 Å². The molecule has 0 fully saturated rings. The fraction of sp³-hybridized carbons (Fsp3) is 1.00. The first-order chi connectivity index (χ1) is 5.99. The Morgan fingerprint density at radius 1 is 1.00 bits per heavy atom. The van der Waals surface area contributed by atoms with Crippen LogP contribution in [0.25, 0.3) is 0 Å². The van der Waals surface area contributed by atoms with Crippen LogP contribution in [0, 0.1) is 0 Å². The van der Waals surface area contributed by atoms with Gasteiger partial charge in [-0.1, -0.05) is 0 Å². The minimum Gasteiger partial charge on any atom is -0.313 e. The molecule has 0 aromatic heterocycles. The molecule has 0 rings (SSSR count). The Balaban J connectivity index is 3.68. The van der Waals surface area contributed by atoms with Gasteiger partial charge in [0.25, 0.3) is 0 Å². The van der Waals surface area contributed by atoms with Crippen molar-refractivity contribution in [1.82, 2.24) is 0 Å². The highest BCUT2D eigenvalue weighted by molar-refractivity contribution is 7.41. The monoisotopic (exact) mass is 220 g/mol. The van der Waals surface area contributed by atoms with Crippen molar-refractivity contribution in [2.24, 2.45) is 0 Å². The Kier molecular flexibility index (Phi) is 6.59. The van der Waals surface area contributed by atoms with E-state index in [1.807, 2.05) is 0 Å². The normalized spacial score (nSPS) is 12.5. The maximum Gasteiger partial charge on any atom is 0.412 e. The molecule has 0 aromatic rings. The topological polar surface area (TPSA) is 27.7 Å². The summed E-state index contributed by atoms with van der Waals surface area (Å²) >= 11 is 0. The second-order valence-corrected chi connectivity index (χ2v) is 3.17. The van der Waals surface area contributed by atoms with Crippen molar-refractivity contribution >= 4 is 8.60 Å². The molecular formula is C6H12F3O3P. The van der Waals surface area contributed by atoms with Crippen LogP contribution in [0.5, 0.6) is 0 Å². The minimum absolute atomic E-state index is 0.267. The van der Waals surface area contributed by atoms with Gasteiger partial charge in [-0.3, -0.25) is 0 Å². The number of alkyl halides is 3. The first-order valence-electron chi connectivity index (χ1n) is 3.75. The van der Waals surface area contributed by atoms with Crippen LogP contribution < -0.4 is 0 Å². The molecule has 0 heterocycles. The highest BCUT2D eigenvalue weighted by atomic mass is 31.2. The highest BCUT2D eigenvalue weighted by Crippen LogP contribution is 2.40. The summed E-state index contributed by atoms with van der Waals surface area (Å²) in [5.74, 6) is 0. The molecule has 7 heteroatoms. The minimum atomic E-state index is -4.34. The zero-order valence-corrected chi connectivity index (χ0v) is 8.32. The van der Waals surface area contributed by atoms with Gasteiger partial charge in [0.15, 0.2) is 6.61 Å². The summed E-state index contributed by atoms with van der Waals surface area (Å²) < 4.78 is 49.0. The van der Waals surface area contributed by atoms with Gasteiger partial charge in [0, 0.05) is 0 Å². The number of hydrogen-bond acceptors (Lipinski definition) is 3. The maximum atomic E-state index is 11.7. The Bertz CT molecular complexity index is 125. The molecule has 0 spiro atoms. The van der Waals surface area contributed by atoms with Crippen LogP contribution in [0.4, 0.5) is 13.2 Å². The molecule has 13 heavy (non-hydrogen) atoms. The molecule has 3 nitrogen and oxygen atoms in total. The zero-order chi connectivity index (χ0) is 10.3. The molecule has 0 radical (unpaired) electrons. The largest absolute Gasteiger partial charge is 0.412 e. The van der Waals surface area contributed by atoms with E-state index in [0.717, 1.165) is 0 Å². The van der Waals surface area contributed by atoms with Gasteiger partial charge in [-0.15, -0.1) is 0 Å². The highest BCUT2D eigenvalue weighted by Gasteiger charge is 2.30. The average molecular weight is 220 g/mol. The number of halogens is 3. The molecule has 0 unspecified atom stereocenters. The third kappa shape index (κ3) is 8.43. The fourth-order valence-corrected chi connectivity index (χ4v) is 1.35. The van der Waals surface area contributed by atoms with E-state index < -0.39 is 21.4 Å². The van der Waals surface area contributed by atoms with Gasteiger partial charge in [-0.05, 0) is 13.8 Å². The maximum absolute atomic E-state index is 11.7. The van der Waals surface area contributed by atoms with Gasteiger partial charge in [0.2, 0.25) is 0 Å². The van der Waals surface area contributed by atoms with Crippen LogP contribution in [0.3, 0.4) is 0 Å². The Hall–Kier alpha value is 0.100. The third-order valence-electron chi connectivity index (χ3n) is 0.803. The van der Waals surface area contributed by atoms with E-state index >= 15 is 0 Å². The lowest BCUT2D eigenvalue weighted by Gasteiger charge is -2.15. The van der Waals surface area contributed by atoms with Crippen LogP contribution in [-0.2, 0) is 13.6 Å². The SMILES string of the molecule is CCOP(OCC)OCC(F)(F)F. The first-order valence-corrected chi connectivity index (χ1v) is 4.84. The van der Waals surface area contributed by atoms with E-state index in [1.165, 1.54) is 0 Å². The van der Waals surface area contributed by atoms with Gasteiger partial charge >= 0.3 is 14.8 Å². The average Bonchev–Trinajstić information content (AvgIpc) is 2.00. The van der Waals surface area contributed by atoms with E-state index in [0.29, 0.717) is 0 Å². The number of rotatable bonds is 6. The second kappa shape index (κ2) is 6.54. The Morgan fingerprint density at radius 3 is 1.77 bits per heavy atom. The number of hydrogen-bond donors (Lipinski definition) is 0. The van der Waals surface area contributed by atoms with Crippen molar-refractivity contribution in [3.8, 4) is 0 Å². The molecule has 0 saturated carbocycles. The van der Waals surface area contributed by atoms with E-state index in [4.69, 9.17) is 9.05 Å². The van der Waals surface area contributed by atoms with Crippen molar-refractivity contribution < 1.29 is 26.7 Å². The Labute approximate surface area is 76.2 Å². The molecule has 0 bridgehead atoms. The summed E-state index contributed by atoms with van der Waals surface area (Å²) in [7, 11) is -1.85. The molecule has 0 aliphatic rings. The molecule has 0 atom stereocenters. The molecule has 0 amide bonds. The van der Waals surface area contributed by atoms with Crippen LogP contribution in [0.1, 0.15) is 13.8 Å². The standard InChI is InChI=1S/C6H12F3O3P/c1-3-10-13(11-4-2)12-5-6(7,8)9/h3-5H2,1-2H3. The molecule has 80 valence electrons. The van der Waals surface area contributed by atoms with E-state index in [9.17, 15) is 13.2 Å². The van der Waals surface area contributed by atoms with Gasteiger partial charge in [-0.2, -0.15) is 13.2 Å². The molecule has 0 aliphatic carbocycles. The fourth-order valence-electron chi connectivity index (χ4n) is 0.449. The summed E-state index contributed by atoms with van der Waals surface area (Å²) in [4.78, 5) is 0. The Morgan fingerprint density at radius 2 is 1.46 bits per heavy atom. The van der Waals surface area contributed by atoms with Crippen molar-refractivity contribution in [3.05, 3.63) is 0 Å². The summed E-state index contributed by atoms with van der Waals surface area (Å²) in [5.41, 5.74) is 0. The molecular weight excluding hydrogens is 208 g/mol. The summed E-state index contributed by atoms with van der Waals surface area (Å²) in [5, 5.41) is 0. The predicted octanol–water partition coefficient (Wildman–Crippen LogP) is 2.87. The zero-order valence-electron chi connectivity index (χ0n) is 7.43. The van der Waals surface area contributed by atoms with E-state index in [-0.39, 0.29) is 13.2 Å². The molecule has 0 saturated heterocycles. The molecule has 0 N–H and O–H groups in total. The lowest BCUT2D eigenvalue weighted by atomic mass is 10.7. The van der Waals surface area contributed by atoms with Gasteiger partial charge in [0.05, 0.1) is 13.2 Å². The molecule has 0 aromatic carbocycles. The van der Waals surface area contributed by atoms with Gasteiger partial charge < -0.3 is 13.6 Å². The van der Waals surface area contributed by atoms with Crippen LogP contribution in [-0.4, -0.2) is 26.0 Å². The lowest BCUT2D eigenvalue weighted by molar-refractivity contribution is -0.155. The van der Waals surface area contributed by atoms with Crippen molar-refractivity contribution in [3.63, 3.8) is 0 Å². The quantitative estimate of drug-likeness (QED) is 0.644. The summed E-state index contributed by atoms with van der Waals surface area (Å²) in [6.07, 6.45) is -4.34.